The summed E-state index contributed by atoms with van der Waals surface area (Å²) in [6.45, 7) is 0.562. The number of halogens is 1. The van der Waals surface area contributed by atoms with Gasteiger partial charge in [-0.15, -0.1) is 11.3 Å². The standard InChI is InChI=1S/C29H24IN3O5S/c1-35-24-10-6-7-11-25(24)37-12-13-38-27-22(30)15-19(16-26(27)36-2)14-21(17-31)28(34)33-29-32-23(18-39-29)20-8-4-3-5-9-20/h3-11,14-16,18H,12-13H2,1-2H3,(H,32,33,34). The molecule has 3 aromatic carbocycles. The zero-order valence-electron chi connectivity index (χ0n) is 21.1. The van der Waals surface area contributed by atoms with Gasteiger partial charge < -0.3 is 18.9 Å². The molecule has 4 aromatic rings. The Kier molecular flexibility index (Phi) is 9.77. The molecule has 8 nitrogen and oxygen atoms in total. The van der Waals surface area contributed by atoms with Gasteiger partial charge >= 0.3 is 0 Å². The van der Waals surface area contributed by atoms with E-state index in [1.807, 2.05) is 66.0 Å². The van der Waals surface area contributed by atoms with E-state index in [9.17, 15) is 10.1 Å². The molecule has 0 radical (unpaired) electrons. The maximum atomic E-state index is 12.8. The van der Waals surface area contributed by atoms with E-state index in [0.29, 0.717) is 40.3 Å². The molecule has 39 heavy (non-hydrogen) atoms. The maximum absolute atomic E-state index is 12.8. The summed E-state index contributed by atoms with van der Waals surface area (Å²) in [7, 11) is 3.12. The number of ether oxygens (including phenoxy) is 4. The molecule has 0 bridgehead atoms. The van der Waals surface area contributed by atoms with Gasteiger partial charge in [-0.1, -0.05) is 42.5 Å². The zero-order chi connectivity index (χ0) is 27.6. The Hall–Kier alpha value is -4.08. The van der Waals surface area contributed by atoms with E-state index < -0.39 is 5.91 Å². The van der Waals surface area contributed by atoms with Crippen molar-refractivity contribution in [2.75, 3.05) is 32.8 Å². The Bertz CT molecular complexity index is 1520. The second-order valence-corrected chi connectivity index (χ2v) is 9.93. The SMILES string of the molecule is COc1ccccc1OCCOc1c(I)cc(C=C(C#N)C(=O)Nc2nc(-c3ccccc3)cs2)cc1OC. The van der Waals surface area contributed by atoms with Crippen molar-refractivity contribution in [3.63, 3.8) is 0 Å². The van der Waals surface area contributed by atoms with Crippen LogP contribution in [0.2, 0.25) is 0 Å². The molecule has 0 spiro atoms. The monoisotopic (exact) mass is 653 g/mol. The van der Waals surface area contributed by atoms with Crippen LogP contribution in [0.4, 0.5) is 5.13 Å². The van der Waals surface area contributed by atoms with Gasteiger partial charge in [0.2, 0.25) is 0 Å². The van der Waals surface area contributed by atoms with E-state index in [-0.39, 0.29) is 12.2 Å². The van der Waals surface area contributed by atoms with E-state index in [4.69, 9.17) is 18.9 Å². The lowest BCUT2D eigenvalue weighted by Crippen LogP contribution is -2.13. The lowest BCUT2D eigenvalue weighted by atomic mass is 10.1. The zero-order valence-corrected chi connectivity index (χ0v) is 24.1. The first kappa shape index (κ1) is 27.9. The van der Waals surface area contributed by atoms with Crippen LogP contribution in [0.5, 0.6) is 23.0 Å². The summed E-state index contributed by atoms with van der Waals surface area (Å²) in [6, 6.07) is 22.5. The highest BCUT2D eigenvalue weighted by Gasteiger charge is 2.16. The molecule has 0 unspecified atom stereocenters. The van der Waals surface area contributed by atoms with Crippen molar-refractivity contribution in [2.24, 2.45) is 0 Å². The fourth-order valence-corrected chi connectivity index (χ4v) is 5.04. The fraction of sp³-hybridized carbons (Fsp3) is 0.138. The summed E-state index contributed by atoms with van der Waals surface area (Å²) < 4.78 is 23.3. The van der Waals surface area contributed by atoms with Gasteiger partial charge in [0.1, 0.15) is 24.9 Å². The number of nitrogens with zero attached hydrogens (tertiary/aromatic N) is 2. The summed E-state index contributed by atoms with van der Waals surface area (Å²) in [4.78, 5) is 17.3. The normalized spacial score (nSPS) is 10.9. The van der Waals surface area contributed by atoms with Crippen molar-refractivity contribution in [3.05, 3.63) is 86.8 Å². The highest BCUT2D eigenvalue weighted by Crippen LogP contribution is 2.35. The predicted molar refractivity (Wildman–Crippen MR) is 159 cm³/mol. The van der Waals surface area contributed by atoms with Gasteiger partial charge in [0.05, 0.1) is 23.5 Å². The minimum atomic E-state index is -0.547. The molecule has 198 valence electrons. The molecule has 0 aliphatic carbocycles. The third kappa shape index (κ3) is 7.28. The molecule has 1 heterocycles. The molecule has 0 aliphatic heterocycles. The minimum absolute atomic E-state index is 0.0665. The van der Waals surface area contributed by atoms with Crippen LogP contribution in [-0.2, 0) is 4.79 Å². The van der Waals surface area contributed by atoms with Gasteiger partial charge in [-0.05, 0) is 58.5 Å². The van der Waals surface area contributed by atoms with E-state index in [1.165, 1.54) is 24.5 Å². The first-order valence-electron chi connectivity index (χ1n) is 11.7. The van der Waals surface area contributed by atoms with Crippen LogP contribution in [0, 0.1) is 14.9 Å². The number of rotatable bonds is 11. The van der Waals surface area contributed by atoms with Gasteiger partial charge in [-0.2, -0.15) is 5.26 Å². The number of nitriles is 1. The van der Waals surface area contributed by atoms with Crippen LogP contribution in [0.25, 0.3) is 17.3 Å². The second-order valence-electron chi connectivity index (χ2n) is 7.91. The van der Waals surface area contributed by atoms with E-state index in [1.54, 1.807) is 19.2 Å². The molecule has 4 rings (SSSR count). The van der Waals surface area contributed by atoms with Crippen molar-refractivity contribution in [1.82, 2.24) is 4.98 Å². The molecule has 1 N–H and O–H groups in total. The Morgan fingerprint density at radius 3 is 2.41 bits per heavy atom. The summed E-state index contributed by atoms with van der Waals surface area (Å²) in [5.41, 5.74) is 2.25. The van der Waals surface area contributed by atoms with Gasteiger partial charge in [0.25, 0.3) is 5.91 Å². The average Bonchev–Trinajstić information content (AvgIpc) is 3.43. The van der Waals surface area contributed by atoms with Crippen molar-refractivity contribution in [2.45, 2.75) is 0 Å². The van der Waals surface area contributed by atoms with E-state index >= 15 is 0 Å². The Balaban J connectivity index is 1.42. The number of hydrogen-bond acceptors (Lipinski definition) is 8. The van der Waals surface area contributed by atoms with Crippen LogP contribution >= 0.6 is 33.9 Å². The number of anilines is 1. The van der Waals surface area contributed by atoms with Crippen molar-refractivity contribution < 1.29 is 23.7 Å². The summed E-state index contributed by atoms with van der Waals surface area (Å²) in [6.07, 6.45) is 1.50. The van der Waals surface area contributed by atoms with Gasteiger partial charge in [-0.3, -0.25) is 10.1 Å². The van der Waals surface area contributed by atoms with Gasteiger partial charge in [0, 0.05) is 10.9 Å². The number of aromatic nitrogens is 1. The first-order chi connectivity index (χ1) is 19.0. The Morgan fingerprint density at radius 1 is 1.00 bits per heavy atom. The predicted octanol–water partition coefficient (Wildman–Crippen LogP) is 6.44. The third-order valence-corrected chi connectivity index (χ3v) is 6.94. The number of carbonyl (C=O) groups is 1. The number of carbonyl (C=O) groups excluding carboxylic acids is 1. The van der Waals surface area contributed by atoms with Crippen LogP contribution in [0.15, 0.2) is 77.7 Å². The lowest BCUT2D eigenvalue weighted by molar-refractivity contribution is -0.112. The van der Waals surface area contributed by atoms with Gasteiger partial charge in [0.15, 0.2) is 28.1 Å². The number of benzene rings is 3. The van der Waals surface area contributed by atoms with Crippen LogP contribution in [0.1, 0.15) is 5.56 Å². The first-order valence-corrected chi connectivity index (χ1v) is 13.7. The van der Waals surface area contributed by atoms with Crippen molar-refractivity contribution in [1.29, 1.82) is 5.26 Å². The Labute approximate surface area is 244 Å². The molecular weight excluding hydrogens is 629 g/mol. The highest BCUT2D eigenvalue weighted by atomic mass is 127. The molecule has 0 saturated carbocycles. The minimum Gasteiger partial charge on any atom is -0.493 e. The topological polar surface area (TPSA) is 103 Å². The number of amides is 1. The summed E-state index contributed by atoms with van der Waals surface area (Å²) in [5.74, 6) is 1.73. The molecule has 1 aromatic heterocycles. The molecule has 0 fully saturated rings. The van der Waals surface area contributed by atoms with Gasteiger partial charge in [-0.25, -0.2) is 4.98 Å². The number of nitrogens with one attached hydrogen (secondary N) is 1. The van der Waals surface area contributed by atoms with Crippen LogP contribution in [0.3, 0.4) is 0 Å². The molecular formula is C29H24IN3O5S. The maximum Gasteiger partial charge on any atom is 0.268 e. The number of methoxy groups -OCH3 is 2. The molecule has 10 heteroatoms. The number of hydrogen-bond donors (Lipinski definition) is 1. The average molecular weight is 653 g/mol. The largest absolute Gasteiger partial charge is 0.493 e. The summed E-state index contributed by atoms with van der Waals surface area (Å²) >= 11 is 3.42. The van der Waals surface area contributed by atoms with Crippen LogP contribution < -0.4 is 24.3 Å². The second kappa shape index (κ2) is 13.6. The quantitative estimate of drug-likeness (QED) is 0.0861. The lowest BCUT2D eigenvalue weighted by Gasteiger charge is -2.15. The highest BCUT2D eigenvalue weighted by molar-refractivity contribution is 14.1. The number of thiazole rings is 1. The van der Waals surface area contributed by atoms with Crippen molar-refractivity contribution in [3.8, 4) is 40.3 Å². The Morgan fingerprint density at radius 2 is 1.69 bits per heavy atom. The molecule has 1 amide bonds. The molecule has 0 saturated heterocycles. The number of para-hydroxylation sites is 2. The fourth-order valence-electron chi connectivity index (χ4n) is 3.55. The van der Waals surface area contributed by atoms with E-state index in [2.05, 4.69) is 32.9 Å². The van der Waals surface area contributed by atoms with Crippen molar-refractivity contribution >= 4 is 51.0 Å². The van der Waals surface area contributed by atoms with E-state index in [0.717, 1.165) is 14.8 Å². The molecule has 0 atom stereocenters. The molecule has 0 aliphatic rings. The summed E-state index contributed by atoms with van der Waals surface area (Å²) in [5, 5.41) is 14.6. The van der Waals surface area contributed by atoms with Crippen LogP contribution in [-0.4, -0.2) is 38.3 Å². The smallest absolute Gasteiger partial charge is 0.268 e. The third-order valence-electron chi connectivity index (χ3n) is 5.38.